The minimum absolute atomic E-state index is 0.0302. The topological polar surface area (TPSA) is 49.8 Å². The van der Waals surface area contributed by atoms with Gasteiger partial charge in [0.1, 0.15) is 0 Å². The largest absolute Gasteiger partial charge is 0.326 e. The highest BCUT2D eigenvalue weighted by Crippen LogP contribution is 2.07. The van der Waals surface area contributed by atoms with Crippen molar-refractivity contribution >= 4 is 0 Å². The second-order valence-corrected chi connectivity index (χ2v) is 2.69. The number of nitrogens with zero attached hydrogens (tertiary/aromatic N) is 1. The van der Waals surface area contributed by atoms with Gasteiger partial charge in [-0.1, -0.05) is 37.6 Å². The van der Waals surface area contributed by atoms with E-state index in [2.05, 4.69) is 6.07 Å². The molecule has 0 aliphatic rings. The molecule has 14 heavy (non-hydrogen) atoms. The summed E-state index contributed by atoms with van der Waals surface area (Å²) < 4.78 is 0. The zero-order chi connectivity index (χ0) is 11.4. The lowest BCUT2D eigenvalue weighted by Gasteiger charge is -2.06. The molecule has 0 aromatic rings. The molecule has 0 bridgehead atoms. The van der Waals surface area contributed by atoms with E-state index in [0.29, 0.717) is 6.42 Å². The van der Waals surface area contributed by atoms with Crippen LogP contribution < -0.4 is 5.73 Å². The van der Waals surface area contributed by atoms with Crippen LogP contribution in [0.5, 0.6) is 0 Å². The lowest BCUT2D eigenvalue weighted by atomic mass is 10.0. The lowest BCUT2D eigenvalue weighted by Crippen LogP contribution is -2.19. The standard InChI is InChI=1S/C10H16N2.C2H6/c1-3-5-9(4-2)8-10(12)6-7-11;1-2/h3-5,10H,6,8,12H2,1-2H3;1-2H3/b5-3-,9-4+;. The fraction of sp³-hybridized carbons (Fsp3) is 0.583. The van der Waals surface area contributed by atoms with Gasteiger partial charge < -0.3 is 5.73 Å². The van der Waals surface area contributed by atoms with Gasteiger partial charge in [0, 0.05) is 6.04 Å². The third-order valence-corrected chi connectivity index (χ3v) is 1.60. The van der Waals surface area contributed by atoms with Crippen molar-refractivity contribution in [3.05, 3.63) is 23.8 Å². The molecule has 0 amide bonds. The first-order valence-electron chi connectivity index (χ1n) is 5.15. The van der Waals surface area contributed by atoms with Gasteiger partial charge in [-0.15, -0.1) is 0 Å². The Kier molecular flexibility index (Phi) is 13.1. The van der Waals surface area contributed by atoms with Crippen molar-refractivity contribution in [2.75, 3.05) is 0 Å². The van der Waals surface area contributed by atoms with Crippen LogP contribution in [0.15, 0.2) is 23.8 Å². The van der Waals surface area contributed by atoms with E-state index in [-0.39, 0.29) is 6.04 Å². The Morgan fingerprint density at radius 2 is 2.00 bits per heavy atom. The molecule has 0 spiro atoms. The molecule has 0 radical (unpaired) electrons. The van der Waals surface area contributed by atoms with E-state index in [1.165, 1.54) is 5.57 Å². The Morgan fingerprint density at radius 1 is 1.43 bits per heavy atom. The third-order valence-electron chi connectivity index (χ3n) is 1.60. The lowest BCUT2D eigenvalue weighted by molar-refractivity contribution is 0.687. The maximum absolute atomic E-state index is 8.38. The highest BCUT2D eigenvalue weighted by molar-refractivity contribution is 5.18. The van der Waals surface area contributed by atoms with E-state index in [1.807, 2.05) is 45.9 Å². The summed E-state index contributed by atoms with van der Waals surface area (Å²) in [4.78, 5) is 0. The predicted octanol–water partition coefficient (Wildman–Crippen LogP) is 3.17. The maximum atomic E-state index is 8.38. The molecule has 1 atom stereocenters. The fourth-order valence-corrected chi connectivity index (χ4v) is 0.988. The van der Waals surface area contributed by atoms with Crippen molar-refractivity contribution in [2.24, 2.45) is 5.73 Å². The van der Waals surface area contributed by atoms with E-state index in [4.69, 9.17) is 11.0 Å². The Bertz CT molecular complexity index is 209. The average Bonchev–Trinajstić information content (AvgIpc) is 2.20. The first-order valence-corrected chi connectivity index (χ1v) is 5.15. The molecule has 80 valence electrons. The second kappa shape index (κ2) is 11.9. The van der Waals surface area contributed by atoms with E-state index < -0.39 is 0 Å². The van der Waals surface area contributed by atoms with E-state index in [9.17, 15) is 0 Å². The number of allylic oxidation sites excluding steroid dienone is 3. The SMILES string of the molecule is C/C=C\C(=C/C)CC(N)CC#N.CC. The number of nitriles is 1. The smallest absolute Gasteiger partial charge is 0.0638 e. The first kappa shape index (κ1) is 15.4. The molecule has 2 nitrogen and oxygen atoms in total. The van der Waals surface area contributed by atoms with Gasteiger partial charge in [-0.2, -0.15) is 5.26 Å². The van der Waals surface area contributed by atoms with Gasteiger partial charge in [-0.05, 0) is 20.3 Å². The van der Waals surface area contributed by atoms with Crippen LogP contribution in [0.3, 0.4) is 0 Å². The number of rotatable bonds is 4. The molecule has 2 N–H and O–H groups in total. The molecular weight excluding hydrogens is 172 g/mol. The van der Waals surface area contributed by atoms with Crippen molar-refractivity contribution in [1.29, 1.82) is 5.26 Å². The van der Waals surface area contributed by atoms with Crippen molar-refractivity contribution in [1.82, 2.24) is 0 Å². The molecular formula is C12H22N2. The van der Waals surface area contributed by atoms with Gasteiger partial charge in [0.2, 0.25) is 0 Å². The average molecular weight is 194 g/mol. The highest BCUT2D eigenvalue weighted by Gasteiger charge is 2.02. The quantitative estimate of drug-likeness (QED) is 0.699. The van der Waals surface area contributed by atoms with Gasteiger partial charge >= 0.3 is 0 Å². The van der Waals surface area contributed by atoms with Gasteiger partial charge in [0.25, 0.3) is 0 Å². The van der Waals surface area contributed by atoms with Gasteiger partial charge in [-0.3, -0.25) is 0 Å². The summed E-state index contributed by atoms with van der Waals surface area (Å²) in [5.41, 5.74) is 6.89. The fourth-order valence-electron chi connectivity index (χ4n) is 0.988. The van der Waals surface area contributed by atoms with Gasteiger partial charge in [0.05, 0.1) is 12.5 Å². The van der Waals surface area contributed by atoms with Crippen molar-refractivity contribution < 1.29 is 0 Å². The molecule has 0 saturated heterocycles. The third kappa shape index (κ3) is 9.02. The molecule has 0 aliphatic heterocycles. The van der Waals surface area contributed by atoms with Crippen LogP contribution in [0.1, 0.15) is 40.5 Å². The van der Waals surface area contributed by atoms with Crippen LogP contribution in [0.25, 0.3) is 0 Å². The number of nitrogens with two attached hydrogens (primary N) is 1. The molecule has 0 rings (SSSR count). The predicted molar refractivity (Wildman–Crippen MR) is 62.7 cm³/mol. The Labute approximate surface area is 88.1 Å². The zero-order valence-corrected chi connectivity index (χ0v) is 9.75. The minimum atomic E-state index is -0.0302. The number of hydrogen-bond acceptors (Lipinski definition) is 2. The molecule has 0 aliphatic carbocycles. The monoisotopic (exact) mass is 194 g/mol. The van der Waals surface area contributed by atoms with Crippen LogP contribution in [0, 0.1) is 11.3 Å². The summed E-state index contributed by atoms with van der Waals surface area (Å²) in [5, 5.41) is 8.38. The summed E-state index contributed by atoms with van der Waals surface area (Å²) in [6, 6.07) is 2.03. The van der Waals surface area contributed by atoms with Crippen LogP contribution >= 0.6 is 0 Å². The molecule has 0 fully saturated rings. The Hall–Kier alpha value is -1.07. The Balaban J connectivity index is 0. The number of hydrogen-bond donors (Lipinski definition) is 1. The van der Waals surface area contributed by atoms with Crippen molar-refractivity contribution in [3.8, 4) is 6.07 Å². The van der Waals surface area contributed by atoms with E-state index in [1.54, 1.807) is 0 Å². The van der Waals surface area contributed by atoms with Gasteiger partial charge in [0.15, 0.2) is 0 Å². The molecule has 0 saturated carbocycles. The van der Waals surface area contributed by atoms with Crippen LogP contribution in [0.2, 0.25) is 0 Å². The summed E-state index contributed by atoms with van der Waals surface area (Å²) >= 11 is 0. The van der Waals surface area contributed by atoms with Crippen LogP contribution in [-0.4, -0.2) is 6.04 Å². The summed E-state index contributed by atoms with van der Waals surface area (Å²) in [7, 11) is 0. The molecule has 1 unspecified atom stereocenters. The van der Waals surface area contributed by atoms with E-state index >= 15 is 0 Å². The molecule has 0 heterocycles. The summed E-state index contributed by atoms with van der Waals surface area (Å²) in [5.74, 6) is 0. The van der Waals surface area contributed by atoms with Crippen LogP contribution in [0.4, 0.5) is 0 Å². The molecule has 2 heteroatoms. The van der Waals surface area contributed by atoms with E-state index in [0.717, 1.165) is 6.42 Å². The molecule has 0 aromatic heterocycles. The second-order valence-electron chi connectivity index (χ2n) is 2.69. The Morgan fingerprint density at radius 3 is 2.36 bits per heavy atom. The van der Waals surface area contributed by atoms with Gasteiger partial charge in [-0.25, -0.2) is 0 Å². The highest BCUT2D eigenvalue weighted by atomic mass is 14.6. The van der Waals surface area contributed by atoms with Crippen LogP contribution in [-0.2, 0) is 0 Å². The first-order chi connectivity index (χ1) is 6.74. The zero-order valence-electron chi connectivity index (χ0n) is 9.75. The van der Waals surface area contributed by atoms with Crippen molar-refractivity contribution in [2.45, 2.75) is 46.6 Å². The summed E-state index contributed by atoms with van der Waals surface area (Å²) in [6.45, 7) is 7.95. The molecule has 0 aromatic carbocycles. The maximum Gasteiger partial charge on any atom is 0.0638 e. The minimum Gasteiger partial charge on any atom is -0.326 e. The normalized spacial score (nSPS) is 13.0. The van der Waals surface area contributed by atoms with Crippen molar-refractivity contribution in [3.63, 3.8) is 0 Å². The summed E-state index contributed by atoms with van der Waals surface area (Å²) in [6.07, 6.45) is 7.24.